The minimum absolute atomic E-state index is 0.236. The third-order valence-corrected chi connectivity index (χ3v) is 3.61. The van der Waals surface area contributed by atoms with Crippen LogP contribution >= 0.6 is 0 Å². The van der Waals surface area contributed by atoms with Gasteiger partial charge in [-0.3, -0.25) is 4.79 Å². The number of hydrogen-bond acceptors (Lipinski definition) is 2. The molecular formula is C16H17F4NO2. The normalized spacial score (nSPS) is 14.9. The highest BCUT2D eigenvalue weighted by molar-refractivity contribution is 5.94. The van der Waals surface area contributed by atoms with E-state index in [0.717, 1.165) is 6.07 Å². The molecule has 0 bridgehead atoms. The van der Waals surface area contributed by atoms with Crippen LogP contribution in [0.15, 0.2) is 18.2 Å². The van der Waals surface area contributed by atoms with E-state index in [9.17, 15) is 27.5 Å². The van der Waals surface area contributed by atoms with Crippen molar-refractivity contribution in [1.82, 2.24) is 0 Å². The van der Waals surface area contributed by atoms with Crippen LogP contribution in [0.1, 0.15) is 42.6 Å². The average Bonchev–Trinajstić information content (AvgIpc) is 2.36. The third kappa shape index (κ3) is 3.82. The molecule has 0 aliphatic heterocycles. The number of carbonyl (C=O) groups is 1. The van der Waals surface area contributed by atoms with Crippen LogP contribution in [-0.4, -0.2) is 22.8 Å². The van der Waals surface area contributed by atoms with E-state index in [1.54, 1.807) is 5.92 Å². The molecule has 7 heteroatoms. The Balaban J connectivity index is 3.43. The molecule has 0 aliphatic rings. The predicted octanol–water partition coefficient (Wildman–Crippen LogP) is 2.91. The number of amides is 1. The first-order valence-corrected chi connectivity index (χ1v) is 6.67. The Labute approximate surface area is 131 Å². The van der Waals surface area contributed by atoms with Crippen molar-refractivity contribution in [2.75, 3.05) is 0 Å². The molecule has 0 saturated heterocycles. The van der Waals surface area contributed by atoms with Crippen LogP contribution in [0.5, 0.6) is 0 Å². The van der Waals surface area contributed by atoms with Crippen LogP contribution < -0.4 is 5.73 Å². The summed E-state index contributed by atoms with van der Waals surface area (Å²) in [6.07, 6.45) is -1.99. The van der Waals surface area contributed by atoms with Crippen molar-refractivity contribution in [1.29, 1.82) is 0 Å². The summed E-state index contributed by atoms with van der Waals surface area (Å²) >= 11 is 0. The number of benzene rings is 1. The molecular weight excluding hydrogens is 314 g/mol. The zero-order valence-corrected chi connectivity index (χ0v) is 12.7. The Morgan fingerprint density at radius 2 is 1.91 bits per heavy atom. The van der Waals surface area contributed by atoms with Crippen LogP contribution in [0.4, 0.5) is 17.6 Å². The first-order chi connectivity index (χ1) is 10.4. The Morgan fingerprint density at radius 3 is 2.35 bits per heavy atom. The van der Waals surface area contributed by atoms with Gasteiger partial charge in [0.25, 0.3) is 0 Å². The monoisotopic (exact) mass is 331 g/mol. The summed E-state index contributed by atoms with van der Waals surface area (Å²) in [6.45, 7) is 2.57. The van der Waals surface area contributed by atoms with Gasteiger partial charge in [-0.25, -0.2) is 4.39 Å². The Kier molecular flexibility index (Phi) is 5.12. The molecule has 0 heterocycles. The minimum atomic E-state index is -5.01. The summed E-state index contributed by atoms with van der Waals surface area (Å²) in [5.74, 6) is -0.0649. The van der Waals surface area contributed by atoms with Gasteiger partial charge >= 0.3 is 6.18 Å². The standard InChI is InChI=1S/C16H17F4NO2/c1-4-8-15(23,16(18,19)20)9-14(2,3)12-10(13(21)22)6-5-7-11(12)17/h1,5-7,23H,8-9H2,2-3H3,(H2,21,22). The van der Waals surface area contributed by atoms with Crippen LogP contribution in [0.3, 0.4) is 0 Å². The molecule has 3 N–H and O–H groups in total. The van der Waals surface area contributed by atoms with E-state index >= 15 is 0 Å². The number of aliphatic hydroxyl groups is 1. The van der Waals surface area contributed by atoms with Crippen molar-refractivity contribution in [2.24, 2.45) is 5.73 Å². The lowest BCUT2D eigenvalue weighted by atomic mass is 9.72. The van der Waals surface area contributed by atoms with Gasteiger partial charge in [0.2, 0.25) is 5.91 Å². The molecule has 0 spiro atoms. The topological polar surface area (TPSA) is 63.3 Å². The van der Waals surface area contributed by atoms with Crippen molar-refractivity contribution in [3.05, 3.63) is 35.1 Å². The smallest absolute Gasteiger partial charge is 0.380 e. The van der Waals surface area contributed by atoms with E-state index in [0.29, 0.717) is 0 Å². The fourth-order valence-corrected chi connectivity index (χ4v) is 2.67. The summed E-state index contributed by atoms with van der Waals surface area (Å²) in [5, 5.41) is 9.96. The fraction of sp³-hybridized carbons (Fsp3) is 0.438. The summed E-state index contributed by atoms with van der Waals surface area (Å²) in [4.78, 5) is 11.4. The van der Waals surface area contributed by atoms with Gasteiger partial charge in [-0.05, 0) is 24.0 Å². The number of halogens is 4. The van der Waals surface area contributed by atoms with Gasteiger partial charge in [0, 0.05) is 17.5 Å². The van der Waals surface area contributed by atoms with Crippen molar-refractivity contribution >= 4 is 5.91 Å². The van der Waals surface area contributed by atoms with Crippen LogP contribution in [-0.2, 0) is 5.41 Å². The largest absolute Gasteiger partial charge is 0.418 e. The van der Waals surface area contributed by atoms with E-state index in [2.05, 4.69) is 0 Å². The Hall–Kier alpha value is -2.07. The van der Waals surface area contributed by atoms with Crippen LogP contribution in [0.25, 0.3) is 0 Å². The van der Waals surface area contributed by atoms with Gasteiger partial charge in [-0.15, -0.1) is 12.3 Å². The maximum atomic E-state index is 14.2. The Morgan fingerprint density at radius 1 is 1.35 bits per heavy atom. The van der Waals surface area contributed by atoms with Gasteiger partial charge in [0.05, 0.1) is 0 Å². The number of terminal acetylenes is 1. The number of hydrogen-bond donors (Lipinski definition) is 2. The summed E-state index contributed by atoms with van der Waals surface area (Å²) in [7, 11) is 0. The molecule has 1 amide bonds. The molecule has 0 fully saturated rings. The first-order valence-electron chi connectivity index (χ1n) is 6.67. The number of alkyl halides is 3. The van der Waals surface area contributed by atoms with Crippen LogP contribution in [0, 0.1) is 18.2 Å². The molecule has 126 valence electrons. The van der Waals surface area contributed by atoms with E-state index in [4.69, 9.17) is 12.2 Å². The molecule has 0 radical (unpaired) electrons. The molecule has 0 saturated carbocycles. The molecule has 0 aromatic heterocycles. The minimum Gasteiger partial charge on any atom is -0.380 e. The van der Waals surface area contributed by atoms with Crippen molar-refractivity contribution in [2.45, 2.75) is 43.9 Å². The summed E-state index contributed by atoms with van der Waals surface area (Å²) in [6, 6.07) is 3.46. The Bertz CT molecular complexity index is 646. The summed E-state index contributed by atoms with van der Waals surface area (Å²) in [5.41, 5.74) is -0.106. The van der Waals surface area contributed by atoms with Crippen LogP contribution in [0.2, 0.25) is 0 Å². The highest BCUT2D eigenvalue weighted by Crippen LogP contribution is 2.44. The zero-order chi connectivity index (χ0) is 18.1. The van der Waals surface area contributed by atoms with E-state index < -0.39 is 41.8 Å². The number of primary amides is 1. The summed E-state index contributed by atoms with van der Waals surface area (Å²) < 4.78 is 53.7. The van der Waals surface area contributed by atoms with Crippen molar-refractivity contribution in [3.8, 4) is 12.3 Å². The second-order valence-corrected chi connectivity index (χ2v) is 6.00. The lowest BCUT2D eigenvalue weighted by Crippen LogP contribution is -2.49. The maximum absolute atomic E-state index is 14.2. The average molecular weight is 331 g/mol. The molecule has 1 unspecified atom stereocenters. The highest BCUT2D eigenvalue weighted by atomic mass is 19.4. The first kappa shape index (κ1) is 19.0. The molecule has 23 heavy (non-hydrogen) atoms. The second kappa shape index (κ2) is 6.20. The molecule has 1 aromatic rings. The van der Waals surface area contributed by atoms with Gasteiger partial charge in [-0.1, -0.05) is 19.9 Å². The molecule has 0 aliphatic carbocycles. The number of rotatable bonds is 5. The van der Waals surface area contributed by atoms with E-state index in [-0.39, 0.29) is 11.1 Å². The van der Waals surface area contributed by atoms with Crippen molar-refractivity contribution in [3.63, 3.8) is 0 Å². The lowest BCUT2D eigenvalue weighted by molar-refractivity contribution is -0.264. The maximum Gasteiger partial charge on any atom is 0.418 e. The lowest BCUT2D eigenvalue weighted by Gasteiger charge is -2.37. The molecule has 3 nitrogen and oxygen atoms in total. The quantitative estimate of drug-likeness (QED) is 0.644. The SMILES string of the molecule is C#CCC(O)(CC(C)(C)c1c(F)cccc1C(N)=O)C(F)(F)F. The third-order valence-electron chi connectivity index (χ3n) is 3.61. The molecule has 1 atom stereocenters. The zero-order valence-electron chi connectivity index (χ0n) is 12.7. The van der Waals surface area contributed by atoms with Gasteiger partial charge < -0.3 is 10.8 Å². The predicted molar refractivity (Wildman–Crippen MR) is 77.0 cm³/mol. The molecule has 1 rings (SSSR count). The van der Waals surface area contributed by atoms with Crippen molar-refractivity contribution < 1.29 is 27.5 Å². The van der Waals surface area contributed by atoms with E-state index in [1.807, 2.05) is 0 Å². The fourth-order valence-electron chi connectivity index (χ4n) is 2.67. The van der Waals surface area contributed by atoms with E-state index in [1.165, 1.54) is 26.0 Å². The number of carbonyl (C=O) groups excluding carboxylic acids is 1. The molecule has 1 aromatic carbocycles. The number of nitrogens with two attached hydrogens (primary N) is 1. The van der Waals surface area contributed by atoms with Gasteiger partial charge in [0.1, 0.15) is 5.82 Å². The highest BCUT2D eigenvalue weighted by Gasteiger charge is 2.55. The van der Waals surface area contributed by atoms with Gasteiger partial charge in [0.15, 0.2) is 5.60 Å². The second-order valence-electron chi connectivity index (χ2n) is 6.00. The van der Waals surface area contributed by atoms with Gasteiger partial charge in [-0.2, -0.15) is 13.2 Å².